The molecule has 1 aliphatic heterocycles. The van der Waals surface area contributed by atoms with Crippen LogP contribution in [0.1, 0.15) is 18.4 Å². The summed E-state index contributed by atoms with van der Waals surface area (Å²) >= 11 is 0. The van der Waals surface area contributed by atoms with E-state index in [0.29, 0.717) is 12.5 Å². The maximum absolute atomic E-state index is 9.00. The van der Waals surface area contributed by atoms with E-state index < -0.39 is 0 Å². The van der Waals surface area contributed by atoms with Crippen LogP contribution in [0.2, 0.25) is 0 Å². The van der Waals surface area contributed by atoms with E-state index in [-0.39, 0.29) is 0 Å². The fourth-order valence-electron chi connectivity index (χ4n) is 2.91. The Kier molecular flexibility index (Phi) is 4.14. The lowest BCUT2D eigenvalue weighted by atomic mass is 10.1. The second-order valence-electron chi connectivity index (χ2n) is 5.52. The van der Waals surface area contributed by atoms with Crippen LogP contribution in [-0.4, -0.2) is 39.5 Å². The predicted octanol–water partition coefficient (Wildman–Crippen LogP) is 2.08. The fourth-order valence-corrected chi connectivity index (χ4v) is 2.91. The van der Waals surface area contributed by atoms with Gasteiger partial charge in [-0.05, 0) is 49.1 Å². The highest BCUT2D eigenvalue weighted by molar-refractivity contribution is 5.33. The van der Waals surface area contributed by atoms with Crippen molar-refractivity contribution in [2.45, 2.75) is 19.4 Å². The zero-order chi connectivity index (χ0) is 13.8. The van der Waals surface area contributed by atoms with Gasteiger partial charge in [0.25, 0.3) is 0 Å². The third kappa shape index (κ3) is 3.08. The zero-order valence-electron chi connectivity index (χ0n) is 11.7. The van der Waals surface area contributed by atoms with E-state index in [1.165, 1.54) is 12.0 Å². The molecule has 0 bridgehead atoms. The summed E-state index contributed by atoms with van der Waals surface area (Å²) in [5, 5.41) is 13.2. The van der Waals surface area contributed by atoms with Gasteiger partial charge in [-0.25, -0.2) is 4.68 Å². The molecule has 3 rings (SSSR count). The number of likely N-dealkylation sites (tertiary alicyclic amines) is 1. The maximum atomic E-state index is 9.00. The quantitative estimate of drug-likeness (QED) is 0.905. The van der Waals surface area contributed by atoms with Crippen molar-refractivity contribution in [3.05, 3.63) is 48.3 Å². The molecule has 0 saturated carbocycles. The van der Waals surface area contributed by atoms with Crippen LogP contribution >= 0.6 is 0 Å². The predicted molar refractivity (Wildman–Crippen MR) is 78.7 cm³/mol. The number of hydrogen-bond acceptors (Lipinski definition) is 3. The summed E-state index contributed by atoms with van der Waals surface area (Å²) in [7, 11) is 0. The molecule has 1 fully saturated rings. The Hall–Kier alpha value is -1.65. The van der Waals surface area contributed by atoms with Crippen molar-refractivity contribution in [3.63, 3.8) is 0 Å². The molecule has 4 heteroatoms. The second kappa shape index (κ2) is 6.20. The van der Waals surface area contributed by atoms with Crippen molar-refractivity contribution in [1.82, 2.24) is 14.7 Å². The summed E-state index contributed by atoms with van der Waals surface area (Å²) in [6, 6.07) is 10.5. The van der Waals surface area contributed by atoms with Crippen LogP contribution in [0.4, 0.5) is 0 Å². The normalized spacial score (nSPS) is 19.6. The van der Waals surface area contributed by atoms with Crippen molar-refractivity contribution < 1.29 is 5.11 Å². The Balaban J connectivity index is 1.59. The topological polar surface area (TPSA) is 41.3 Å². The van der Waals surface area contributed by atoms with Gasteiger partial charge >= 0.3 is 0 Å². The molecule has 2 aromatic rings. The van der Waals surface area contributed by atoms with E-state index >= 15 is 0 Å². The summed E-state index contributed by atoms with van der Waals surface area (Å²) in [5.74, 6) is 0.670. The van der Waals surface area contributed by atoms with Crippen LogP contribution in [0.3, 0.4) is 0 Å². The van der Waals surface area contributed by atoms with Gasteiger partial charge in [-0.2, -0.15) is 5.10 Å². The molecule has 20 heavy (non-hydrogen) atoms. The number of rotatable bonds is 5. The molecule has 1 saturated heterocycles. The highest BCUT2D eigenvalue weighted by atomic mass is 16.3. The lowest BCUT2D eigenvalue weighted by Crippen LogP contribution is -2.20. The minimum absolute atomic E-state index is 0.317. The lowest BCUT2D eigenvalue weighted by Gasteiger charge is -2.16. The smallest absolute Gasteiger partial charge is 0.0645 e. The highest BCUT2D eigenvalue weighted by Crippen LogP contribution is 2.21. The van der Waals surface area contributed by atoms with Crippen LogP contribution in [-0.2, 0) is 6.54 Å². The molecule has 4 nitrogen and oxygen atoms in total. The summed E-state index contributed by atoms with van der Waals surface area (Å²) in [6.45, 7) is 3.57. The van der Waals surface area contributed by atoms with E-state index in [9.17, 15) is 0 Å². The van der Waals surface area contributed by atoms with Crippen molar-refractivity contribution in [2.24, 2.45) is 5.92 Å². The van der Waals surface area contributed by atoms with Gasteiger partial charge in [0, 0.05) is 32.1 Å². The van der Waals surface area contributed by atoms with Crippen molar-refractivity contribution in [2.75, 3.05) is 19.7 Å². The van der Waals surface area contributed by atoms with Crippen molar-refractivity contribution >= 4 is 0 Å². The van der Waals surface area contributed by atoms with Gasteiger partial charge in [0.2, 0.25) is 0 Å². The van der Waals surface area contributed by atoms with Gasteiger partial charge in [-0.3, -0.25) is 4.90 Å². The first-order valence-corrected chi connectivity index (χ1v) is 7.27. The second-order valence-corrected chi connectivity index (χ2v) is 5.52. The number of aliphatic hydroxyl groups excluding tert-OH is 1. The summed E-state index contributed by atoms with van der Waals surface area (Å²) in [6.07, 6.45) is 5.90. The molecule has 1 N–H and O–H groups in total. The Bertz CT molecular complexity index is 521. The molecule has 2 heterocycles. The van der Waals surface area contributed by atoms with E-state index in [4.69, 9.17) is 5.11 Å². The van der Waals surface area contributed by atoms with Crippen molar-refractivity contribution in [1.29, 1.82) is 0 Å². The van der Waals surface area contributed by atoms with Gasteiger partial charge in [0.1, 0.15) is 0 Å². The number of aliphatic hydroxyl groups is 1. The molecule has 1 atom stereocenters. The van der Waals surface area contributed by atoms with E-state index in [1.54, 1.807) is 6.20 Å². The average molecular weight is 271 g/mol. The van der Waals surface area contributed by atoms with Crippen LogP contribution in [0, 0.1) is 5.92 Å². The Morgan fingerprint density at radius 2 is 2.10 bits per heavy atom. The van der Waals surface area contributed by atoms with Crippen LogP contribution < -0.4 is 0 Å². The molecule has 1 aromatic heterocycles. The minimum atomic E-state index is 0.317. The molecule has 106 valence electrons. The Labute approximate surface area is 119 Å². The van der Waals surface area contributed by atoms with Crippen LogP contribution in [0.25, 0.3) is 5.69 Å². The fraction of sp³-hybridized carbons (Fsp3) is 0.438. The molecule has 0 amide bonds. The summed E-state index contributed by atoms with van der Waals surface area (Å²) in [4.78, 5) is 2.48. The van der Waals surface area contributed by atoms with Gasteiger partial charge in [0.15, 0.2) is 0 Å². The van der Waals surface area contributed by atoms with Crippen LogP contribution in [0.5, 0.6) is 0 Å². The average Bonchev–Trinajstić information content (AvgIpc) is 3.12. The first kappa shape index (κ1) is 13.3. The van der Waals surface area contributed by atoms with Gasteiger partial charge in [0.05, 0.1) is 5.69 Å². The molecular weight excluding hydrogens is 250 g/mol. The molecule has 1 unspecified atom stereocenters. The molecule has 0 aliphatic carbocycles. The van der Waals surface area contributed by atoms with E-state index in [0.717, 1.165) is 31.7 Å². The monoisotopic (exact) mass is 271 g/mol. The number of nitrogens with zero attached hydrogens (tertiary/aromatic N) is 3. The molecule has 1 aliphatic rings. The standard InChI is InChI=1S/C16H21N3O/c20-11-7-15-6-10-18(13-15)12-14-2-4-16(5-3-14)19-9-1-8-17-19/h1-5,8-9,15,20H,6-7,10-13H2. The molecule has 1 aromatic carbocycles. The Morgan fingerprint density at radius 1 is 1.25 bits per heavy atom. The number of hydrogen-bond donors (Lipinski definition) is 1. The summed E-state index contributed by atoms with van der Waals surface area (Å²) < 4.78 is 1.87. The van der Waals surface area contributed by atoms with E-state index in [2.05, 4.69) is 34.3 Å². The number of aromatic nitrogens is 2. The van der Waals surface area contributed by atoms with Crippen LogP contribution in [0.15, 0.2) is 42.7 Å². The Morgan fingerprint density at radius 3 is 2.80 bits per heavy atom. The minimum Gasteiger partial charge on any atom is -0.396 e. The first-order valence-electron chi connectivity index (χ1n) is 7.27. The van der Waals surface area contributed by atoms with E-state index in [1.807, 2.05) is 16.9 Å². The van der Waals surface area contributed by atoms with Gasteiger partial charge in [-0.1, -0.05) is 12.1 Å². The third-order valence-corrected chi connectivity index (χ3v) is 4.02. The largest absolute Gasteiger partial charge is 0.396 e. The third-order valence-electron chi connectivity index (χ3n) is 4.02. The molecule has 0 radical (unpaired) electrons. The zero-order valence-corrected chi connectivity index (χ0v) is 11.7. The van der Waals surface area contributed by atoms with Crippen molar-refractivity contribution in [3.8, 4) is 5.69 Å². The first-order chi connectivity index (χ1) is 9.85. The maximum Gasteiger partial charge on any atom is 0.0645 e. The van der Waals surface area contributed by atoms with Gasteiger partial charge < -0.3 is 5.11 Å². The number of benzene rings is 1. The summed E-state index contributed by atoms with van der Waals surface area (Å²) in [5.41, 5.74) is 2.43. The highest BCUT2D eigenvalue weighted by Gasteiger charge is 2.21. The lowest BCUT2D eigenvalue weighted by molar-refractivity contribution is 0.249. The molecular formula is C16H21N3O. The van der Waals surface area contributed by atoms with Gasteiger partial charge in [-0.15, -0.1) is 0 Å². The molecule has 0 spiro atoms. The SMILES string of the molecule is OCCC1CCN(Cc2ccc(-n3cccn3)cc2)C1.